The molecule has 1 aromatic heterocycles. The summed E-state index contributed by atoms with van der Waals surface area (Å²) in [6.45, 7) is 4.78. The normalized spacial score (nSPS) is 12.6. The number of ether oxygens (including phenoxy) is 2. The molecule has 0 bridgehead atoms. The zero-order chi connectivity index (χ0) is 24.9. The van der Waals surface area contributed by atoms with Gasteiger partial charge in [-0.25, -0.2) is 0 Å². The van der Waals surface area contributed by atoms with E-state index in [1.165, 1.54) is 24.3 Å². The van der Waals surface area contributed by atoms with E-state index >= 15 is 0 Å². The van der Waals surface area contributed by atoms with E-state index in [0.29, 0.717) is 36.4 Å². The van der Waals surface area contributed by atoms with Crippen LogP contribution in [-0.2, 0) is 22.6 Å². The minimum absolute atomic E-state index is 0.163. The highest BCUT2D eigenvalue weighted by atomic mass is 19.4. The molecule has 7 nitrogen and oxygen atoms in total. The van der Waals surface area contributed by atoms with Gasteiger partial charge in [-0.15, -0.1) is 13.2 Å². The zero-order valence-corrected chi connectivity index (χ0v) is 18.8. The van der Waals surface area contributed by atoms with Crippen molar-refractivity contribution < 1.29 is 27.4 Å². The van der Waals surface area contributed by atoms with Crippen LogP contribution >= 0.6 is 0 Å². The Bertz CT molecular complexity index is 1210. The van der Waals surface area contributed by atoms with E-state index in [4.69, 9.17) is 10.5 Å². The van der Waals surface area contributed by atoms with Crippen molar-refractivity contribution in [3.63, 3.8) is 0 Å². The van der Waals surface area contributed by atoms with E-state index in [1.807, 2.05) is 25.1 Å². The van der Waals surface area contributed by atoms with Gasteiger partial charge in [0.1, 0.15) is 5.75 Å². The summed E-state index contributed by atoms with van der Waals surface area (Å²) in [5, 5.41) is 3.74. The summed E-state index contributed by atoms with van der Waals surface area (Å²) in [6, 6.07) is 12.1. The first-order valence-electron chi connectivity index (χ1n) is 10.7. The molecular formula is C24H26F3N3O4. The molecule has 3 rings (SSSR count). The van der Waals surface area contributed by atoms with Crippen molar-refractivity contribution in [2.45, 2.75) is 39.3 Å². The maximum atomic E-state index is 13.2. The Morgan fingerprint density at radius 3 is 2.41 bits per heavy atom. The van der Waals surface area contributed by atoms with Crippen LogP contribution in [-0.4, -0.2) is 36.1 Å². The van der Waals surface area contributed by atoms with Gasteiger partial charge in [0, 0.05) is 25.3 Å². The lowest BCUT2D eigenvalue weighted by Crippen LogP contribution is -2.39. The van der Waals surface area contributed by atoms with Crippen LogP contribution in [0.25, 0.3) is 22.0 Å². The summed E-state index contributed by atoms with van der Waals surface area (Å²) in [5.41, 5.74) is 7.57. The molecule has 0 aliphatic rings. The quantitative estimate of drug-likeness (QED) is 0.436. The first-order valence-corrected chi connectivity index (χ1v) is 10.7. The molecule has 0 saturated heterocycles. The molecule has 3 N–H and O–H groups in total. The molecule has 0 saturated carbocycles. The molecular weight excluding hydrogens is 451 g/mol. The average molecular weight is 477 g/mol. The van der Waals surface area contributed by atoms with Gasteiger partial charge in [0.15, 0.2) is 0 Å². The Morgan fingerprint density at radius 2 is 1.79 bits per heavy atom. The number of alkyl halides is 3. The largest absolute Gasteiger partial charge is 0.573 e. The number of nitrogens with two attached hydrogens (primary N) is 1. The summed E-state index contributed by atoms with van der Waals surface area (Å²) in [4.78, 5) is 24.5. The molecule has 0 aliphatic heterocycles. The number of pyridine rings is 1. The standard InChI is InChI=1S/C24H26F3N3O4/c1-3-33-11-10-30-21-13-17(16-6-8-20(9-7-16)34-24(25,26)27)4-5-18(21)12-19(23(30)32)14-29-15(2)22(28)31/h4-9,12-13,15,29H,3,10-11,14H2,1-2H3,(H2,28,31)/t15-/m0/s1. The van der Waals surface area contributed by atoms with E-state index in [2.05, 4.69) is 10.1 Å². The Balaban J connectivity index is 1.99. The molecule has 10 heteroatoms. The highest BCUT2D eigenvalue weighted by molar-refractivity contribution is 5.85. The van der Waals surface area contributed by atoms with Crippen LogP contribution in [0, 0.1) is 0 Å². The Morgan fingerprint density at radius 1 is 1.12 bits per heavy atom. The third-order valence-corrected chi connectivity index (χ3v) is 5.28. The van der Waals surface area contributed by atoms with Crippen LogP contribution in [0.5, 0.6) is 5.75 Å². The Kier molecular flexibility index (Phi) is 7.95. The number of hydrogen-bond donors (Lipinski definition) is 2. The number of nitrogens with one attached hydrogen (secondary N) is 1. The topological polar surface area (TPSA) is 95.6 Å². The van der Waals surface area contributed by atoms with E-state index in [9.17, 15) is 22.8 Å². The Hall–Kier alpha value is -3.37. The first kappa shape index (κ1) is 25.3. The molecule has 0 aliphatic carbocycles. The van der Waals surface area contributed by atoms with Crippen molar-refractivity contribution in [1.29, 1.82) is 0 Å². The van der Waals surface area contributed by atoms with Crippen molar-refractivity contribution >= 4 is 16.8 Å². The highest BCUT2D eigenvalue weighted by Crippen LogP contribution is 2.28. The molecule has 1 amide bonds. The lowest BCUT2D eigenvalue weighted by Gasteiger charge is -2.16. The molecule has 0 unspecified atom stereocenters. The number of nitrogens with zero attached hydrogens (tertiary/aromatic N) is 1. The summed E-state index contributed by atoms with van der Waals surface area (Å²) < 4.78 is 48.2. The molecule has 1 heterocycles. The van der Waals surface area contributed by atoms with Gasteiger partial charge in [0.25, 0.3) is 5.56 Å². The number of carbonyl (C=O) groups is 1. The maximum Gasteiger partial charge on any atom is 0.573 e. The first-order chi connectivity index (χ1) is 16.1. The second-order valence-corrected chi connectivity index (χ2v) is 7.67. The van der Waals surface area contributed by atoms with Crippen molar-refractivity contribution in [3.8, 4) is 16.9 Å². The van der Waals surface area contributed by atoms with Crippen molar-refractivity contribution in [2.24, 2.45) is 5.73 Å². The number of aromatic nitrogens is 1. The lowest BCUT2D eigenvalue weighted by atomic mass is 10.0. The number of amides is 1. The van der Waals surface area contributed by atoms with Crippen molar-refractivity contribution in [2.75, 3.05) is 13.2 Å². The number of benzene rings is 2. The molecule has 2 aromatic carbocycles. The number of halogens is 3. The smallest absolute Gasteiger partial charge is 0.406 e. The fourth-order valence-corrected chi connectivity index (χ4v) is 3.47. The second-order valence-electron chi connectivity index (χ2n) is 7.67. The molecule has 1 atom stereocenters. The molecule has 0 fully saturated rings. The second kappa shape index (κ2) is 10.7. The van der Waals surface area contributed by atoms with Crippen molar-refractivity contribution in [1.82, 2.24) is 9.88 Å². The summed E-state index contributed by atoms with van der Waals surface area (Å²) in [7, 11) is 0. The van der Waals surface area contributed by atoms with Gasteiger partial charge in [-0.3, -0.25) is 9.59 Å². The van der Waals surface area contributed by atoms with Gasteiger partial charge in [-0.2, -0.15) is 0 Å². The van der Waals surface area contributed by atoms with Crippen LogP contribution in [0.2, 0.25) is 0 Å². The molecule has 0 spiro atoms. The third kappa shape index (κ3) is 6.36. The number of rotatable bonds is 10. The van der Waals surface area contributed by atoms with Crippen LogP contribution in [0.3, 0.4) is 0 Å². The Labute approximate surface area is 194 Å². The molecule has 182 valence electrons. The maximum absolute atomic E-state index is 13.2. The summed E-state index contributed by atoms with van der Waals surface area (Å²) in [5.74, 6) is -0.832. The molecule has 3 aromatic rings. The molecule has 34 heavy (non-hydrogen) atoms. The number of carbonyl (C=O) groups excluding carboxylic acids is 1. The summed E-state index contributed by atoms with van der Waals surface area (Å²) in [6.07, 6.45) is -4.76. The average Bonchev–Trinajstić information content (AvgIpc) is 2.78. The van der Waals surface area contributed by atoms with E-state index in [1.54, 1.807) is 17.6 Å². The fourth-order valence-electron chi connectivity index (χ4n) is 3.47. The third-order valence-electron chi connectivity index (χ3n) is 5.28. The predicted octanol–water partition coefficient (Wildman–Crippen LogP) is 3.57. The van der Waals surface area contributed by atoms with Gasteiger partial charge in [-0.05, 0) is 54.6 Å². The van der Waals surface area contributed by atoms with E-state index < -0.39 is 18.3 Å². The fraction of sp³-hybridized carbons (Fsp3) is 0.333. The van der Waals surface area contributed by atoms with Crippen LogP contribution in [0.4, 0.5) is 13.2 Å². The highest BCUT2D eigenvalue weighted by Gasteiger charge is 2.31. The van der Waals surface area contributed by atoms with Gasteiger partial charge in [-0.1, -0.05) is 24.3 Å². The van der Waals surface area contributed by atoms with Crippen LogP contribution < -0.4 is 21.3 Å². The number of hydrogen-bond acceptors (Lipinski definition) is 5. The number of fused-ring (bicyclic) bond motifs is 1. The van der Waals surface area contributed by atoms with Crippen LogP contribution in [0.1, 0.15) is 19.4 Å². The van der Waals surface area contributed by atoms with E-state index in [-0.39, 0.29) is 17.9 Å². The van der Waals surface area contributed by atoms with Gasteiger partial charge >= 0.3 is 6.36 Å². The summed E-state index contributed by atoms with van der Waals surface area (Å²) >= 11 is 0. The molecule has 0 radical (unpaired) electrons. The zero-order valence-electron chi connectivity index (χ0n) is 18.8. The van der Waals surface area contributed by atoms with Gasteiger partial charge < -0.3 is 25.1 Å². The minimum Gasteiger partial charge on any atom is -0.406 e. The van der Waals surface area contributed by atoms with Gasteiger partial charge in [0.05, 0.1) is 18.2 Å². The SMILES string of the molecule is CCOCCn1c(=O)c(CN[C@@H](C)C(N)=O)cc2ccc(-c3ccc(OC(F)(F)F)cc3)cc21. The minimum atomic E-state index is -4.76. The van der Waals surface area contributed by atoms with Gasteiger partial charge in [0.2, 0.25) is 5.91 Å². The predicted molar refractivity (Wildman–Crippen MR) is 122 cm³/mol. The monoisotopic (exact) mass is 477 g/mol. The number of primary amides is 1. The van der Waals surface area contributed by atoms with Crippen molar-refractivity contribution in [3.05, 3.63) is 64.4 Å². The van der Waals surface area contributed by atoms with E-state index in [0.717, 1.165) is 10.9 Å². The van der Waals surface area contributed by atoms with Crippen LogP contribution in [0.15, 0.2) is 53.3 Å². The lowest BCUT2D eigenvalue weighted by molar-refractivity contribution is -0.274.